The SMILES string of the molecule is Cc1cc(C)c(C(=O)P(=O)(c2ccccc2)c2ccccc2)c(C)c1.O=C(c1ccccc1)c1ccc(O)cc1O. The molecule has 0 aliphatic carbocycles. The summed E-state index contributed by atoms with van der Waals surface area (Å²) in [5, 5.41) is 19.8. The Balaban J connectivity index is 0.000000208. The topological polar surface area (TPSA) is 91.7 Å². The van der Waals surface area contributed by atoms with Crippen LogP contribution in [0, 0.1) is 20.8 Å². The molecule has 6 heteroatoms. The zero-order valence-electron chi connectivity index (χ0n) is 23.1. The maximum absolute atomic E-state index is 14.2. The third-order valence-electron chi connectivity index (χ3n) is 6.68. The lowest BCUT2D eigenvalue weighted by molar-refractivity contribution is 0.103. The number of ketones is 1. The molecule has 0 bridgehead atoms. The smallest absolute Gasteiger partial charge is 0.230 e. The van der Waals surface area contributed by atoms with Crippen molar-refractivity contribution in [3.8, 4) is 11.5 Å². The van der Waals surface area contributed by atoms with E-state index in [0.717, 1.165) is 22.8 Å². The van der Waals surface area contributed by atoms with Gasteiger partial charge >= 0.3 is 0 Å². The number of benzene rings is 5. The fourth-order valence-electron chi connectivity index (χ4n) is 4.79. The first-order valence-corrected chi connectivity index (χ1v) is 14.8. The van der Waals surface area contributed by atoms with Gasteiger partial charge in [-0.05, 0) is 44.0 Å². The molecule has 0 fully saturated rings. The fraction of sp³-hybridized carbons (Fsp3) is 0.0857. The molecule has 0 aliphatic rings. The molecule has 0 radical (unpaired) electrons. The Hall–Kier alpha value is -4.73. The molecule has 5 aromatic rings. The zero-order chi connectivity index (χ0) is 29.6. The molecule has 0 amide bonds. The average molecular weight is 563 g/mol. The molecule has 0 unspecified atom stereocenters. The summed E-state index contributed by atoms with van der Waals surface area (Å²) in [6, 6.07) is 34.7. The zero-order valence-corrected chi connectivity index (χ0v) is 24.0. The minimum Gasteiger partial charge on any atom is -0.508 e. The monoisotopic (exact) mass is 562 g/mol. The maximum atomic E-state index is 14.2. The van der Waals surface area contributed by atoms with Crippen molar-refractivity contribution in [2.75, 3.05) is 0 Å². The summed E-state index contributed by atoms with van der Waals surface area (Å²) in [5.74, 6) is -0.547. The van der Waals surface area contributed by atoms with Crippen molar-refractivity contribution < 1.29 is 24.4 Å². The van der Waals surface area contributed by atoms with E-state index in [4.69, 9.17) is 5.11 Å². The number of phenols is 2. The molecular formula is C35H31O5P. The summed E-state index contributed by atoms with van der Waals surface area (Å²) in [6.45, 7) is 5.82. The molecule has 206 valence electrons. The Morgan fingerprint density at radius 2 is 1.07 bits per heavy atom. The molecule has 0 spiro atoms. The second-order valence-corrected chi connectivity index (χ2v) is 12.4. The summed E-state index contributed by atoms with van der Waals surface area (Å²) in [7, 11) is -3.44. The average Bonchev–Trinajstić information content (AvgIpc) is 2.97. The van der Waals surface area contributed by atoms with E-state index in [1.807, 2.05) is 75.4 Å². The summed E-state index contributed by atoms with van der Waals surface area (Å²) >= 11 is 0. The van der Waals surface area contributed by atoms with Crippen LogP contribution in [0.4, 0.5) is 0 Å². The molecule has 0 saturated carbocycles. The molecule has 0 aliphatic heterocycles. The molecule has 5 nitrogen and oxygen atoms in total. The van der Waals surface area contributed by atoms with E-state index >= 15 is 0 Å². The lowest BCUT2D eigenvalue weighted by Gasteiger charge is -2.20. The first-order valence-electron chi connectivity index (χ1n) is 13.1. The normalized spacial score (nSPS) is 10.8. The highest BCUT2D eigenvalue weighted by molar-refractivity contribution is 7.93. The van der Waals surface area contributed by atoms with Crippen molar-refractivity contribution in [1.29, 1.82) is 0 Å². The van der Waals surface area contributed by atoms with E-state index in [0.29, 0.717) is 21.7 Å². The minimum absolute atomic E-state index is 0.0675. The van der Waals surface area contributed by atoms with Crippen molar-refractivity contribution >= 4 is 29.1 Å². The Morgan fingerprint density at radius 1 is 0.610 bits per heavy atom. The van der Waals surface area contributed by atoms with E-state index < -0.39 is 7.14 Å². The molecular weight excluding hydrogens is 531 g/mol. The Labute approximate surface area is 240 Å². The number of hydrogen-bond acceptors (Lipinski definition) is 5. The molecule has 0 aromatic heterocycles. The Morgan fingerprint density at radius 3 is 1.54 bits per heavy atom. The summed E-state index contributed by atoms with van der Waals surface area (Å²) in [4.78, 5) is 25.5. The first-order chi connectivity index (χ1) is 19.6. The number of aryl methyl sites for hydroxylation is 3. The predicted octanol–water partition coefficient (Wildman–Crippen LogP) is 7.09. The third kappa shape index (κ3) is 6.37. The van der Waals surface area contributed by atoms with Crippen molar-refractivity contribution in [2.24, 2.45) is 0 Å². The van der Waals surface area contributed by atoms with Gasteiger partial charge < -0.3 is 14.8 Å². The van der Waals surface area contributed by atoms with E-state index in [-0.39, 0.29) is 28.4 Å². The maximum Gasteiger partial charge on any atom is 0.230 e. The largest absolute Gasteiger partial charge is 0.508 e. The van der Waals surface area contributed by atoms with Crippen LogP contribution in [0.5, 0.6) is 11.5 Å². The van der Waals surface area contributed by atoms with Crippen LogP contribution in [0.1, 0.15) is 43.0 Å². The van der Waals surface area contributed by atoms with Crippen LogP contribution in [0.15, 0.2) is 121 Å². The highest BCUT2D eigenvalue weighted by Crippen LogP contribution is 2.47. The number of hydrogen-bond donors (Lipinski definition) is 2. The van der Waals surface area contributed by atoms with Crippen molar-refractivity contribution in [3.05, 3.63) is 155 Å². The van der Waals surface area contributed by atoms with Gasteiger partial charge in [0.2, 0.25) is 12.7 Å². The molecule has 5 aromatic carbocycles. The second kappa shape index (κ2) is 12.6. The van der Waals surface area contributed by atoms with E-state index in [9.17, 15) is 19.3 Å². The van der Waals surface area contributed by atoms with Crippen LogP contribution in [-0.2, 0) is 4.57 Å². The standard InChI is InChI=1S/C22H21O2P.C13H10O3/c1-16-14-17(2)21(18(3)15-16)22(23)25(24,19-10-6-4-7-11-19)20-12-8-5-9-13-20;14-10-6-7-11(12(15)8-10)13(16)9-4-2-1-3-5-9/h4-15H,1-3H3;1-8,14-15H. The Bertz CT molecular complexity index is 1660. The van der Waals surface area contributed by atoms with Crippen LogP contribution in [0.25, 0.3) is 0 Å². The summed E-state index contributed by atoms with van der Waals surface area (Å²) in [6.07, 6.45) is 0. The van der Waals surface area contributed by atoms with Gasteiger partial charge in [0.25, 0.3) is 0 Å². The predicted molar refractivity (Wildman–Crippen MR) is 164 cm³/mol. The van der Waals surface area contributed by atoms with Gasteiger partial charge in [-0.3, -0.25) is 9.59 Å². The Kier molecular flexibility index (Phi) is 9.01. The van der Waals surface area contributed by atoms with Crippen molar-refractivity contribution in [1.82, 2.24) is 0 Å². The quantitative estimate of drug-likeness (QED) is 0.170. The lowest BCUT2D eigenvalue weighted by atomic mass is 10.0. The number of carbonyl (C=O) groups is 2. The van der Waals surface area contributed by atoms with Gasteiger partial charge in [0.1, 0.15) is 11.5 Å². The molecule has 41 heavy (non-hydrogen) atoms. The van der Waals surface area contributed by atoms with Gasteiger partial charge in [0.15, 0.2) is 5.78 Å². The van der Waals surface area contributed by atoms with E-state index in [1.165, 1.54) is 12.1 Å². The van der Waals surface area contributed by atoms with Crippen LogP contribution in [-0.4, -0.2) is 21.5 Å². The van der Waals surface area contributed by atoms with Crippen LogP contribution >= 0.6 is 7.14 Å². The van der Waals surface area contributed by atoms with E-state index in [1.54, 1.807) is 48.5 Å². The second-order valence-electron chi connectivity index (χ2n) is 9.76. The van der Waals surface area contributed by atoms with Gasteiger partial charge in [-0.1, -0.05) is 109 Å². The minimum atomic E-state index is -3.44. The number of rotatable bonds is 6. The van der Waals surface area contributed by atoms with Crippen molar-refractivity contribution in [2.45, 2.75) is 20.8 Å². The van der Waals surface area contributed by atoms with Crippen LogP contribution in [0.3, 0.4) is 0 Å². The van der Waals surface area contributed by atoms with Gasteiger partial charge in [-0.25, -0.2) is 0 Å². The highest BCUT2D eigenvalue weighted by Gasteiger charge is 2.37. The molecule has 5 rings (SSSR count). The van der Waals surface area contributed by atoms with Crippen molar-refractivity contribution in [3.63, 3.8) is 0 Å². The van der Waals surface area contributed by atoms with Gasteiger partial charge in [-0.15, -0.1) is 0 Å². The summed E-state index contributed by atoms with van der Waals surface area (Å²) in [5.41, 5.74) is 3.80. The lowest BCUT2D eigenvalue weighted by Crippen LogP contribution is -2.23. The summed E-state index contributed by atoms with van der Waals surface area (Å²) < 4.78 is 14.2. The third-order valence-corrected chi connectivity index (χ3v) is 9.52. The van der Waals surface area contributed by atoms with Gasteiger partial charge in [-0.2, -0.15) is 0 Å². The van der Waals surface area contributed by atoms with Gasteiger partial charge in [0, 0.05) is 27.8 Å². The number of carbonyl (C=O) groups excluding carboxylic acids is 2. The van der Waals surface area contributed by atoms with E-state index in [2.05, 4.69) is 0 Å². The molecule has 0 saturated heterocycles. The molecule has 2 N–H and O–H groups in total. The molecule has 0 atom stereocenters. The van der Waals surface area contributed by atoms with Gasteiger partial charge in [0.05, 0.1) is 5.56 Å². The van der Waals surface area contributed by atoms with Crippen LogP contribution in [0.2, 0.25) is 0 Å². The van der Waals surface area contributed by atoms with Crippen LogP contribution < -0.4 is 10.6 Å². The highest BCUT2D eigenvalue weighted by atomic mass is 31.2. The molecule has 0 heterocycles. The fourth-order valence-corrected chi connectivity index (χ4v) is 7.41. The number of phenolic OH excluding ortho intramolecular Hbond substituents is 2. The first kappa shape index (κ1) is 29.3. The number of aromatic hydroxyl groups is 2.